The fourth-order valence-electron chi connectivity index (χ4n) is 2.76. The molecule has 0 saturated heterocycles. The number of thiophene rings is 1. The average Bonchev–Trinajstić information content (AvgIpc) is 3.06. The Morgan fingerprint density at radius 3 is 2.56 bits per heavy atom. The number of hydrogen-bond donors (Lipinski definition) is 0. The van der Waals surface area contributed by atoms with Crippen molar-refractivity contribution in [2.24, 2.45) is 7.05 Å². The van der Waals surface area contributed by atoms with Crippen LogP contribution in [0.4, 0.5) is 0 Å². The Morgan fingerprint density at radius 1 is 1.19 bits per heavy atom. The summed E-state index contributed by atoms with van der Waals surface area (Å²) in [5.41, 5.74) is 0.403. The van der Waals surface area contributed by atoms with E-state index in [9.17, 15) is 9.36 Å². The lowest BCUT2D eigenvalue weighted by Gasteiger charge is -2.15. The van der Waals surface area contributed by atoms with Crippen LogP contribution in [-0.2, 0) is 26.8 Å². The lowest BCUT2D eigenvalue weighted by molar-refractivity contribution is 0.219. The van der Waals surface area contributed by atoms with Crippen molar-refractivity contribution in [3.8, 4) is 10.7 Å². The van der Waals surface area contributed by atoms with Crippen LogP contribution in [0.1, 0.15) is 18.7 Å². The van der Waals surface area contributed by atoms with Crippen molar-refractivity contribution in [3.63, 3.8) is 0 Å². The molecule has 0 aliphatic rings. The van der Waals surface area contributed by atoms with Crippen molar-refractivity contribution in [2.75, 3.05) is 13.2 Å². The zero-order valence-electron chi connectivity index (χ0n) is 15.3. The summed E-state index contributed by atoms with van der Waals surface area (Å²) in [4.78, 5) is 18.9. The summed E-state index contributed by atoms with van der Waals surface area (Å²) in [6.45, 7) is 4.20. The maximum Gasteiger partial charge on any atom is 0.335 e. The predicted molar refractivity (Wildman–Crippen MR) is 110 cm³/mol. The molecule has 6 nitrogen and oxygen atoms in total. The highest BCUT2D eigenvalue weighted by atomic mass is 35.5. The maximum atomic E-state index is 12.7. The van der Waals surface area contributed by atoms with Gasteiger partial charge in [0.05, 0.1) is 35.2 Å². The molecule has 0 unspecified atom stereocenters. The molecule has 27 heavy (non-hydrogen) atoms. The van der Waals surface area contributed by atoms with Crippen molar-refractivity contribution in [1.29, 1.82) is 0 Å². The largest absolute Gasteiger partial charge is 0.335 e. The third kappa shape index (κ3) is 4.33. The summed E-state index contributed by atoms with van der Waals surface area (Å²) in [6, 6.07) is 8.75. The van der Waals surface area contributed by atoms with Crippen LogP contribution in [0.15, 0.2) is 35.1 Å². The zero-order chi connectivity index (χ0) is 19.6. The first-order chi connectivity index (χ1) is 12.9. The highest BCUT2D eigenvalue weighted by Gasteiger charge is 2.25. The van der Waals surface area contributed by atoms with E-state index in [1.54, 1.807) is 39.1 Å². The van der Waals surface area contributed by atoms with Crippen molar-refractivity contribution >= 4 is 41.4 Å². The molecule has 0 atom stereocenters. The SMILES string of the molecule is CCOP(=O)(Cc1ccc(-c2nc3cc(Cl)ccc3c(=O)n2C)s1)OCC. The van der Waals surface area contributed by atoms with Gasteiger partial charge in [0.25, 0.3) is 5.56 Å². The van der Waals surface area contributed by atoms with Gasteiger partial charge in [0.1, 0.15) is 0 Å². The molecule has 3 aromatic rings. The number of benzene rings is 1. The van der Waals surface area contributed by atoms with Crippen LogP contribution < -0.4 is 5.56 Å². The third-order valence-electron chi connectivity index (χ3n) is 3.92. The molecule has 0 amide bonds. The van der Waals surface area contributed by atoms with Crippen LogP contribution in [0.3, 0.4) is 0 Å². The second kappa shape index (κ2) is 8.25. The van der Waals surface area contributed by atoms with Gasteiger partial charge in [-0.1, -0.05) is 11.6 Å². The topological polar surface area (TPSA) is 70.4 Å². The van der Waals surface area contributed by atoms with Gasteiger partial charge in [-0.15, -0.1) is 11.3 Å². The standard InChI is InChI=1S/C18H20ClN2O4PS/c1-4-24-26(23,25-5-2)11-13-7-9-16(27-13)17-20-15-10-12(19)6-8-14(15)18(22)21(17)3/h6-10H,4-5,11H2,1-3H3. The molecule has 2 aromatic heterocycles. The number of aromatic nitrogens is 2. The smallest absolute Gasteiger partial charge is 0.309 e. The molecule has 1 aromatic carbocycles. The lowest BCUT2D eigenvalue weighted by atomic mass is 10.2. The second-order valence-corrected chi connectivity index (χ2v) is 9.49. The molecule has 0 bridgehead atoms. The Bertz CT molecular complexity index is 1070. The summed E-state index contributed by atoms with van der Waals surface area (Å²) in [7, 11) is -1.50. The van der Waals surface area contributed by atoms with Crippen molar-refractivity contribution < 1.29 is 13.6 Å². The molecule has 0 fully saturated rings. The van der Waals surface area contributed by atoms with Gasteiger partial charge < -0.3 is 9.05 Å². The second-order valence-electron chi connectivity index (χ2n) is 5.83. The minimum absolute atomic E-state index is 0.143. The normalized spacial score (nSPS) is 12.0. The zero-order valence-corrected chi connectivity index (χ0v) is 17.7. The van der Waals surface area contributed by atoms with E-state index in [1.807, 2.05) is 12.1 Å². The molecule has 144 valence electrons. The van der Waals surface area contributed by atoms with Crippen molar-refractivity contribution in [1.82, 2.24) is 9.55 Å². The Kier molecular flexibility index (Phi) is 6.18. The van der Waals surface area contributed by atoms with Crippen molar-refractivity contribution in [3.05, 3.63) is 50.6 Å². The quantitative estimate of drug-likeness (QED) is 0.492. The molecular formula is C18H20ClN2O4PS. The molecular weight excluding hydrogens is 407 g/mol. The van der Waals surface area contributed by atoms with Gasteiger partial charge in [-0.05, 0) is 44.2 Å². The van der Waals surface area contributed by atoms with Gasteiger partial charge in [-0.3, -0.25) is 13.9 Å². The molecule has 0 aliphatic carbocycles. The first kappa shape index (κ1) is 20.2. The fraction of sp³-hybridized carbons (Fsp3) is 0.333. The van der Waals surface area contributed by atoms with Gasteiger partial charge in [-0.25, -0.2) is 4.98 Å². The van der Waals surface area contributed by atoms with Crippen LogP contribution >= 0.6 is 30.5 Å². The van der Waals surface area contributed by atoms with E-state index in [2.05, 4.69) is 4.98 Å². The highest BCUT2D eigenvalue weighted by Crippen LogP contribution is 2.52. The number of hydrogen-bond acceptors (Lipinski definition) is 6. The van der Waals surface area contributed by atoms with E-state index >= 15 is 0 Å². The molecule has 0 radical (unpaired) electrons. The Hall–Kier alpha value is -1.50. The number of nitrogens with zero attached hydrogens (tertiary/aromatic N) is 2. The molecule has 0 saturated carbocycles. The van der Waals surface area contributed by atoms with Gasteiger partial charge in [0, 0.05) is 16.9 Å². The predicted octanol–water partition coefficient (Wildman–Crippen LogP) is 5.08. The molecule has 0 aliphatic heterocycles. The van der Waals surface area contributed by atoms with E-state index in [4.69, 9.17) is 20.6 Å². The summed E-state index contributed by atoms with van der Waals surface area (Å²) in [5.74, 6) is 0.536. The third-order valence-corrected chi connectivity index (χ3v) is 7.48. The summed E-state index contributed by atoms with van der Waals surface area (Å²) in [5, 5.41) is 1.04. The molecule has 2 heterocycles. The lowest BCUT2D eigenvalue weighted by Crippen LogP contribution is -2.19. The fourth-order valence-corrected chi connectivity index (χ4v) is 6.02. The van der Waals surface area contributed by atoms with Crippen LogP contribution in [0.2, 0.25) is 5.02 Å². The van der Waals surface area contributed by atoms with E-state index in [1.165, 1.54) is 15.9 Å². The van der Waals surface area contributed by atoms with E-state index in [0.717, 1.165) is 9.75 Å². The number of fused-ring (bicyclic) bond motifs is 1. The van der Waals surface area contributed by atoms with Crippen LogP contribution in [0.5, 0.6) is 0 Å². The Labute approximate surface area is 166 Å². The summed E-state index contributed by atoms with van der Waals surface area (Å²) < 4.78 is 25.0. The highest BCUT2D eigenvalue weighted by molar-refractivity contribution is 7.53. The first-order valence-corrected chi connectivity index (χ1v) is 11.4. The van der Waals surface area contributed by atoms with Gasteiger partial charge in [-0.2, -0.15) is 0 Å². The van der Waals surface area contributed by atoms with Gasteiger partial charge in [0.15, 0.2) is 5.82 Å². The number of rotatable bonds is 7. The Balaban J connectivity index is 2.00. The van der Waals surface area contributed by atoms with Crippen LogP contribution in [0, 0.1) is 0 Å². The van der Waals surface area contributed by atoms with Gasteiger partial charge >= 0.3 is 7.60 Å². The van der Waals surface area contributed by atoms with Gasteiger partial charge in [0.2, 0.25) is 0 Å². The summed E-state index contributed by atoms with van der Waals surface area (Å²) >= 11 is 7.45. The molecule has 9 heteroatoms. The Morgan fingerprint density at radius 2 is 1.89 bits per heavy atom. The minimum atomic E-state index is -3.18. The maximum absolute atomic E-state index is 12.7. The minimum Gasteiger partial charge on any atom is -0.309 e. The van der Waals surface area contributed by atoms with Crippen LogP contribution in [-0.4, -0.2) is 22.8 Å². The molecule has 0 spiro atoms. The van der Waals surface area contributed by atoms with Crippen LogP contribution in [0.25, 0.3) is 21.6 Å². The van der Waals surface area contributed by atoms with Crippen molar-refractivity contribution in [2.45, 2.75) is 20.0 Å². The molecule has 3 rings (SSSR count). The van der Waals surface area contributed by atoms with E-state index < -0.39 is 7.60 Å². The van der Waals surface area contributed by atoms with E-state index in [0.29, 0.717) is 35.0 Å². The average molecular weight is 427 g/mol. The monoisotopic (exact) mass is 426 g/mol. The number of halogens is 1. The summed E-state index contributed by atoms with van der Waals surface area (Å²) in [6.07, 6.45) is 0.187. The molecule has 0 N–H and O–H groups in total. The first-order valence-electron chi connectivity index (χ1n) is 8.50. The van der Waals surface area contributed by atoms with E-state index in [-0.39, 0.29) is 11.7 Å².